The molecule has 0 bridgehead atoms. The van der Waals surface area contributed by atoms with Gasteiger partial charge >= 0.3 is 12.1 Å². The Morgan fingerprint density at radius 2 is 1.65 bits per heavy atom. The number of hydrogen-bond acceptors (Lipinski definition) is 6. The number of amides is 1. The van der Waals surface area contributed by atoms with Gasteiger partial charge in [0.05, 0.1) is 5.39 Å². The van der Waals surface area contributed by atoms with Crippen molar-refractivity contribution in [2.45, 2.75) is 19.4 Å². The summed E-state index contributed by atoms with van der Waals surface area (Å²) in [5.41, 5.74) is 3.61. The highest BCUT2D eigenvalue weighted by Gasteiger charge is 2.31. The van der Waals surface area contributed by atoms with Crippen LogP contribution in [0, 0.1) is 5.82 Å². The first-order chi connectivity index (χ1) is 19.4. The molecule has 2 aliphatic rings. The summed E-state index contributed by atoms with van der Waals surface area (Å²) in [6, 6.07) is 17.3. The van der Waals surface area contributed by atoms with Gasteiger partial charge in [0.25, 0.3) is 0 Å². The molecule has 6 rings (SSSR count). The van der Waals surface area contributed by atoms with Crippen LogP contribution in [0.25, 0.3) is 22.2 Å². The molecule has 4 aromatic rings. The van der Waals surface area contributed by atoms with E-state index in [9.17, 15) is 19.5 Å². The Morgan fingerprint density at radius 3 is 2.25 bits per heavy atom. The molecule has 0 unspecified atom stereocenters. The second-order valence-electron chi connectivity index (χ2n) is 9.91. The number of ether oxygens (including phenoxy) is 1. The van der Waals surface area contributed by atoms with E-state index in [2.05, 4.69) is 29.2 Å². The molecular formula is C30H27FN4O5. The third-order valence-corrected chi connectivity index (χ3v) is 7.73. The van der Waals surface area contributed by atoms with Crippen molar-refractivity contribution < 1.29 is 23.8 Å². The lowest BCUT2D eigenvalue weighted by atomic mass is 9.98. The summed E-state index contributed by atoms with van der Waals surface area (Å²) in [5.74, 6) is -2.07. The summed E-state index contributed by atoms with van der Waals surface area (Å²) in [4.78, 5) is 44.8. The van der Waals surface area contributed by atoms with E-state index < -0.39 is 28.9 Å². The van der Waals surface area contributed by atoms with Crippen molar-refractivity contribution in [3.63, 3.8) is 0 Å². The fourth-order valence-corrected chi connectivity index (χ4v) is 5.68. The molecule has 3 heterocycles. The largest absolute Gasteiger partial charge is 0.477 e. The Morgan fingerprint density at radius 1 is 1.02 bits per heavy atom. The number of halogens is 1. The molecule has 1 aliphatic heterocycles. The number of aromatic nitrogens is 2. The first kappa shape index (κ1) is 25.5. The van der Waals surface area contributed by atoms with Crippen LogP contribution in [0.3, 0.4) is 0 Å². The molecule has 1 aliphatic carbocycles. The van der Waals surface area contributed by atoms with Gasteiger partial charge in [-0.25, -0.2) is 19.0 Å². The van der Waals surface area contributed by atoms with Gasteiger partial charge in [-0.1, -0.05) is 48.5 Å². The van der Waals surface area contributed by atoms with Gasteiger partial charge < -0.3 is 24.2 Å². The average Bonchev–Trinajstić information content (AvgIpc) is 3.29. The number of aromatic carboxylic acids is 1. The maximum absolute atomic E-state index is 15.1. The van der Waals surface area contributed by atoms with E-state index >= 15 is 4.39 Å². The molecule has 2 aromatic heterocycles. The van der Waals surface area contributed by atoms with E-state index in [4.69, 9.17) is 4.74 Å². The number of nitrogens with zero attached hydrogens (tertiary/aromatic N) is 4. The molecular weight excluding hydrogens is 515 g/mol. The molecule has 1 fully saturated rings. The maximum atomic E-state index is 15.1. The van der Waals surface area contributed by atoms with E-state index in [1.807, 2.05) is 24.3 Å². The predicted octanol–water partition coefficient (Wildman–Crippen LogP) is 4.32. The van der Waals surface area contributed by atoms with Gasteiger partial charge in [0.2, 0.25) is 5.43 Å². The number of pyridine rings is 2. The van der Waals surface area contributed by atoms with Gasteiger partial charge in [-0.15, -0.1) is 0 Å². The molecule has 2 aromatic carbocycles. The standard InChI is InChI=1S/C30H27FN4O5/c1-2-33-16-23(29(37)38)26(36)22-15-25(31)28(32-27(22)33)34-11-13-35(14-12-34)30(39)40-17-24-20-9-5-3-7-18(20)19-8-4-6-10-21(19)24/h3-10,15-16,24H,2,11-14,17H2,1H3,(H,37,38). The minimum Gasteiger partial charge on any atom is -0.477 e. The monoisotopic (exact) mass is 542 g/mol. The quantitative estimate of drug-likeness (QED) is 0.400. The van der Waals surface area contributed by atoms with Crippen molar-refractivity contribution in [2.75, 3.05) is 37.7 Å². The molecule has 0 spiro atoms. The molecule has 1 saturated heterocycles. The molecule has 1 amide bonds. The van der Waals surface area contributed by atoms with Gasteiger partial charge in [-0.3, -0.25) is 4.79 Å². The number of benzene rings is 2. The minimum atomic E-state index is -1.37. The van der Waals surface area contributed by atoms with Crippen LogP contribution >= 0.6 is 0 Å². The summed E-state index contributed by atoms with van der Waals surface area (Å²) in [7, 11) is 0. The summed E-state index contributed by atoms with van der Waals surface area (Å²) >= 11 is 0. The number of carboxylic acids is 1. The average molecular weight is 543 g/mol. The van der Waals surface area contributed by atoms with Crippen LogP contribution < -0.4 is 10.3 Å². The van der Waals surface area contributed by atoms with Crippen LogP contribution in [0.4, 0.5) is 15.0 Å². The Bertz CT molecular complexity index is 1670. The number of carboxylic acid groups (broad SMARTS) is 1. The third kappa shape index (κ3) is 4.25. The molecule has 9 nitrogen and oxygen atoms in total. The van der Waals surface area contributed by atoms with Crippen molar-refractivity contribution in [3.8, 4) is 11.1 Å². The van der Waals surface area contributed by atoms with E-state index in [-0.39, 0.29) is 29.4 Å². The zero-order valence-corrected chi connectivity index (χ0v) is 21.8. The van der Waals surface area contributed by atoms with Crippen LogP contribution in [-0.2, 0) is 11.3 Å². The fourth-order valence-electron chi connectivity index (χ4n) is 5.68. The smallest absolute Gasteiger partial charge is 0.409 e. The topological polar surface area (TPSA) is 105 Å². The number of fused-ring (bicyclic) bond motifs is 4. The molecule has 0 radical (unpaired) electrons. The molecule has 204 valence electrons. The number of aryl methyl sites for hydroxylation is 1. The first-order valence-electron chi connectivity index (χ1n) is 13.2. The number of hydrogen-bond donors (Lipinski definition) is 1. The highest BCUT2D eigenvalue weighted by molar-refractivity contribution is 5.92. The predicted molar refractivity (Wildman–Crippen MR) is 147 cm³/mol. The van der Waals surface area contributed by atoms with Crippen molar-refractivity contribution in [1.82, 2.24) is 14.5 Å². The van der Waals surface area contributed by atoms with Crippen molar-refractivity contribution in [2.24, 2.45) is 0 Å². The highest BCUT2D eigenvalue weighted by Crippen LogP contribution is 2.44. The maximum Gasteiger partial charge on any atom is 0.409 e. The normalized spacial score (nSPS) is 14.8. The van der Waals surface area contributed by atoms with Crippen LogP contribution in [0.15, 0.2) is 65.6 Å². The van der Waals surface area contributed by atoms with Crippen LogP contribution in [0.1, 0.15) is 34.3 Å². The van der Waals surface area contributed by atoms with E-state index in [1.165, 1.54) is 10.8 Å². The highest BCUT2D eigenvalue weighted by atomic mass is 19.1. The Balaban J connectivity index is 1.15. The molecule has 10 heteroatoms. The first-order valence-corrected chi connectivity index (χ1v) is 13.2. The van der Waals surface area contributed by atoms with Crippen LogP contribution in [0.5, 0.6) is 0 Å². The number of carbonyl (C=O) groups excluding carboxylic acids is 1. The van der Waals surface area contributed by atoms with Crippen molar-refractivity contribution in [1.29, 1.82) is 0 Å². The Kier molecular flexibility index (Phi) is 6.45. The summed E-state index contributed by atoms with van der Waals surface area (Å²) in [6.45, 7) is 3.63. The number of piperazine rings is 1. The summed E-state index contributed by atoms with van der Waals surface area (Å²) in [5, 5.41) is 9.27. The zero-order valence-electron chi connectivity index (χ0n) is 21.8. The van der Waals surface area contributed by atoms with Crippen LogP contribution in [-0.4, -0.2) is 64.4 Å². The van der Waals surface area contributed by atoms with Crippen molar-refractivity contribution >= 4 is 28.9 Å². The van der Waals surface area contributed by atoms with Gasteiger partial charge in [0, 0.05) is 44.8 Å². The zero-order chi connectivity index (χ0) is 28.0. The number of rotatable bonds is 5. The molecule has 1 N–H and O–H groups in total. The number of anilines is 1. The second kappa shape index (κ2) is 10.1. The van der Waals surface area contributed by atoms with E-state index in [0.717, 1.165) is 28.3 Å². The Hall–Kier alpha value is -4.73. The van der Waals surface area contributed by atoms with Gasteiger partial charge in [0.1, 0.15) is 17.8 Å². The van der Waals surface area contributed by atoms with Gasteiger partial charge in [-0.05, 0) is 35.2 Å². The van der Waals surface area contributed by atoms with E-state index in [0.29, 0.717) is 32.7 Å². The van der Waals surface area contributed by atoms with Crippen LogP contribution in [0.2, 0.25) is 0 Å². The lowest BCUT2D eigenvalue weighted by molar-refractivity contribution is 0.0694. The molecule has 0 atom stereocenters. The van der Waals surface area contributed by atoms with Gasteiger partial charge in [-0.2, -0.15) is 0 Å². The fraction of sp³-hybridized carbons (Fsp3) is 0.267. The Labute approximate surface area is 229 Å². The van der Waals surface area contributed by atoms with Gasteiger partial charge in [0.15, 0.2) is 11.6 Å². The second-order valence-corrected chi connectivity index (χ2v) is 9.91. The SMILES string of the molecule is CCn1cc(C(=O)O)c(=O)c2cc(F)c(N3CCN(C(=O)OCC4c5ccccc5-c5ccccc54)CC3)nc21. The molecule has 40 heavy (non-hydrogen) atoms. The molecule has 0 saturated carbocycles. The third-order valence-electron chi connectivity index (χ3n) is 7.73. The summed E-state index contributed by atoms with van der Waals surface area (Å²) < 4.78 is 22.4. The van der Waals surface area contributed by atoms with E-state index in [1.54, 1.807) is 16.7 Å². The minimum absolute atomic E-state index is 0.0358. The number of carbonyl (C=O) groups is 2. The van der Waals surface area contributed by atoms with Crippen molar-refractivity contribution in [3.05, 3.63) is 93.5 Å². The lowest BCUT2D eigenvalue weighted by Crippen LogP contribution is -2.49. The lowest BCUT2D eigenvalue weighted by Gasteiger charge is -2.35. The summed E-state index contributed by atoms with van der Waals surface area (Å²) in [6.07, 6.45) is 0.811.